The summed E-state index contributed by atoms with van der Waals surface area (Å²) in [5, 5.41) is 12.4. The van der Waals surface area contributed by atoms with Gasteiger partial charge in [0.15, 0.2) is 0 Å². The smallest absolute Gasteiger partial charge is 0.124 e. The van der Waals surface area contributed by atoms with Crippen molar-refractivity contribution in [3.63, 3.8) is 0 Å². The van der Waals surface area contributed by atoms with E-state index in [0.29, 0.717) is 5.56 Å². The lowest BCUT2D eigenvalue weighted by Crippen LogP contribution is -2.09. The molecule has 0 saturated heterocycles. The van der Waals surface area contributed by atoms with Gasteiger partial charge in [0.25, 0.3) is 0 Å². The van der Waals surface area contributed by atoms with Crippen LogP contribution in [-0.4, -0.2) is 7.11 Å². The highest BCUT2D eigenvalue weighted by Crippen LogP contribution is 2.28. The number of rotatable bonds is 4. The van der Waals surface area contributed by atoms with E-state index in [1.165, 1.54) is 0 Å². The van der Waals surface area contributed by atoms with E-state index in [4.69, 9.17) is 10.00 Å². The number of hydrogen-bond donors (Lipinski definition) is 1. The van der Waals surface area contributed by atoms with Crippen LogP contribution in [0.3, 0.4) is 0 Å². The molecule has 2 aromatic rings. The van der Waals surface area contributed by atoms with Crippen LogP contribution in [0.1, 0.15) is 24.1 Å². The van der Waals surface area contributed by atoms with Crippen LogP contribution >= 0.6 is 0 Å². The molecule has 0 saturated carbocycles. The Bertz CT molecular complexity index is 602. The fraction of sp³-hybridized carbons (Fsp3) is 0.188. The SMILES string of the molecule is COc1ccccc1C(C)Nc1ccccc1C#N. The summed E-state index contributed by atoms with van der Waals surface area (Å²) in [5.41, 5.74) is 2.55. The second-order valence-corrected chi connectivity index (χ2v) is 4.27. The van der Waals surface area contributed by atoms with Crippen molar-refractivity contribution in [1.29, 1.82) is 5.26 Å². The molecule has 96 valence electrons. The normalized spacial score (nSPS) is 11.4. The number of para-hydroxylation sites is 2. The molecule has 2 rings (SSSR count). The molecule has 0 aliphatic rings. The van der Waals surface area contributed by atoms with Gasteiger partial charge >= 0.3 is 0 Å². The molecule has 0 heterocycles. The third kappa shape index (κ3) is 2.86. The summed E-state index contributed by atoms with van der Waals surface area (Å²) in [7, 11) is 1.66. The second kappa shape index (κ2) is 5.92. The molecule has 3 nitrogen and oxygen atoms in total. The molecule has 1 atom stereocenters. The Balaban J connectivity index is 2.26. The van der Waals surface area contributed by atoms with Gasteiger partial charge < -0.3 is 10.1 Å². The van der Waals surface area contributed by atoms with Crippen molar-refractivity contribution in [3.05, 3.63) is 59.7 Å². The topological polar surface area (TPSA) is 45.0 Å². The molecule has 19 heavy (non-hydrogen) atoms. The number of ether oxygens (including phenoxy) is 1. The molecule has 0 bridgehead atoms. The maximum absolute atomic E-state index is 9.09. The Morgan fingerprint density at radius 3 is 2.53 bits per heavy atom. The van der Waals surface area contributed by atoms with E-state index < -0.39 is 0 Å². The van der Waals surface area contributed by atoms with Crippen molar-refractivity contribution in [3.8, 4) is 11.8 Å². The fourth-order valence-corrected chi connectivity index (χ4v) is 2.04. The summed E-state index contributed by atoms with van der Waals surface area (Å²) in [6.07, 6.45) is 0. The first kappa shape index (κ1) is 13.0. The zero-order chi connectivity index (χ0) is 13.7. The molecule has 1 unspecified atom stereocenters. The average Bonchev–Trinajstić information content (AvgIpc) is 2.47. The molecular formula is C16H16N2O. The van der Waals surface area contributed by atoms with Crippen molar-refractivity contribution in [2.24, 2.45) is 0 Å². The maximum atomic E-state index is 9.09. The lowest BCUT2D eigenvalue weighted by Gasteiger charge is -2.19. The molecular weight excluding hydrogens is 236 g/mol. The van der Waals surface area contributed by atoms with Crippen molar-refractivity contribution < 1.29 is 4.74 Å². The first-order valence-electron chi connectivity index (χ1n) is 6.15. The van der Waals surface area contributed by atoms with Crippen LogP contribution < -0.4 is 10.1 Å². The van der Waals surface area contributed by atoms with Crippen LogP contribution in [0.4, 0.5) is 5.69 Å². The van der Waals surface area contributed by atoms with Gasteiger partial charge in [0, 0.05) is 5.56 Å². The Labute approximate surface area is 113 Å². The van der Waals surface area contributed by atoms with Crippen molar-refractivity contribution in [1.82, 2.24) is 0 Å². The van der Waals surface area contributed by atoms with Crippen LogP contribution in [0, 0.1) is 11.3 Å². The summed E-state index contributed by atoms with van der Waals surface area (Å²) < 4.78 is 5.36. The van der Waals surface area contributed by atoms with E-state index in [0.717, 1.165) is 17.0 Å². The molecule has 0 spiro atoms. The van der Waals surface area contributed by atoms with Crippen LogP contribution in [0.2, 0.25) is 0 Å². The van der Waals surface area contributed by atoms with Gasteiger partial charge in [-0.15, -0.1) is 0 Å². The highest BCUT2D eigenvalue weighted by atomic mass is 16.5. The lowest BCUT2D eigenvalue weighted by molar-refractivity contribution is 0.408. The molecule has 1 N–H and O–H groups in total. The summed E-state index contributed by atoms with van der Waals surface area (Å²) in [6.45, 7) is 2.05. The van der Waals surface area contributed by atoms with Crippen molar-refractivity contribution in [2.75, 3.05) is 12.4 Å². The third-order valence-corrected chi connectivity index (χ3v) is 3.02. The summed E-state index contributed by atoms with van der Waals surface area (Å²) in [6, 6.07) is 17.6. The predicted octanol–water partition coefficient (Wildman–Crippen LogP) is 3.74. The number of hydrogen-bond acceptors (Lipinski definition) is 3. The lowest BCUT2D eigenvalue weighted by atomic mass is 10.1. The van der Waals surface area contributed by atoms with Gasteiger partial charge in [0.1, 0.15) is 11.8 Å². The molecule has 0 aromatic heterocycles. The fourth-order valence-electron chi connectivity index (χ4n) is 2.04. The zero-order valence-corrected chi connectivity index (χ0v) is 11.1. The number of nitrogens with one attached hydrogen (secondary N) is 1. The number of nitriles is 1. The molecule has 0 aliphatic carbocycles. The number of anilines is 1. The van der Waals surface area contributed by atoms with E-state index in [9.17, 15) is 0 Å². The number of nitrogens with zero attached hydrogens (tertiary/aromatic N) is 1. The molecule has 2 aromatic carbocycles. The minimum Gasteiger partial charge on any atom is -0.496 e. The first-order chi connectivity index (χ1) is 9.26. The van der Waals surface area contributed by atoms with E-state index in [1.54, 1.807) is 13.2 Å². The predicted molar refractivity (Wildman–Crippen MR) is 76.2 cm³/mol. The first-order valence-corrected chi connectivity index (χ1v) is 6.15. The molecule has 0 amide bonds. The maximum Gasteiger partial charge on any atom is 0.124 e. The summed E-state index contributed by atoms with van der Waals surface area (Å²) in [4.78, 5) is 0. The number of methoxy groups -OCH3 is 1. The van der Waals surface area contributed by atoms with Gasteiger partial charge in [-0.1, -0.05) is 30.3 Å². The highest BCUT2D eigenvalue weighted by Gasteiger charge is 2.11. The van der Waals surface area contributed by atoms with Gasteiger partial charge in [-0.2, -0.15) is 5.26 Å². The van der Waals surface area contributed by atoms with Crippen molar-refractivity contribution in [2.45, 2.75) is 13.0 Å². The Kier molecular flexibility index (Phi) is 4.04. The summed E-state index contributed by atoms with van der Waals surface area (Å²) >= 11 is 0. The van der Waals surface area contributed by atoms with Crippen LogP contribution in [0.25, 0.3) is 0 Å². The van der Waals surface area contributed by atoms with Gasteiger partial charge in [-0.3, -0.25) is 0 Å². The number of benzene rings is 2. The molecule has 0 aliphatic heterocycles. The minimum atomic E-state index is 0.0608. The second-order valence-electron chi connectivity index (χ2n) is 4.27. The van der Waals surface area contributed by atoms with E-state index >= 15 is 0 Å². The van der Waals surface area contributed by atoms with E-state index in [1.807, 2.05) is 49.4 Å². The standard InChI is InChI=1S/C16H16N2O/c1-12(14-8-4-6-10-16(14)19-2)18-15-9-5-3-7-13(15)11-17/h3-10,12,18H,1-2H3. The van der Waals surface area contributed by atoms with Gasteiger partial charge in [-0.05, 0) is 25.1 Å². The zero-order valence-electron chi connectivity index (χ0n) is 11.1. The minimum absolute atomic E-state index is 0.0608. The van der Waals surface area contributed by atoms with Crippen LogP contribution in [0.5, 0.6) is 5.75 Å². The quantitative estimate of drug-likeness (QED) is 0.901. The Morgan fingerprint density at radius 1 is 1.11 bits per heavy atom. The Hall–Kier alpha value is -2.47. The molecule has 0 radical (unpaired) electrons. The monoisotopic (exact) mass is 252 g/mol. The van der Waals surface area contributed by atoms with E-state index in [2.05, 4.69) is 11.4 Å². The summed E-state index contributed by atoms with van der Waals surface area (Å²) in [5.74, 6) is 0.844. The van der Waals surface area contributed by atoms with Gasteiger partial charge in [0.05, 0.1) is 24.4 Å². The van der Waals surface area contributed by atoms with Crippen LogP contribution in [0.15, 0.2) is 48.5 Å². The van der Waals surface area contributed by atoms with Crippen LogP contribution in [-0.2, 0) is 0 Å². The van der Waals surface area contributed by atoms with Crippen molar-refractivity contribution >= 4 is 5.69 Å². The van der Waals surface area contributed by atoms with Gasteiger partial charge in [0.2, 0.25) is 0 Å². The average molecular weight is 252 g/mol. The largest absolute Gasteiger partial charge is 0.496 e. The third-order valence-electron chi connectivity index (χ3n) is 3.02. The van der Waals surface area contributed by atoms with Gasteiger partial charge in [-0.25, -0.2) is 0 Å². The van der Waals surface area contributed by atoms with E-state index in [-0.39, 0.29) is 6.04 Å². The molecule has 3 heteroatoms. The molecule has 0 fully saturated rings. The highest BCUT2D eigenvalue weighted by molar-refractivity contribution is 5.58. The Morgan fingerprint density at radius 2 is 1.79 bits per heavy atom.